The quantitative estimate of drug-likeness (QED) is 0.302. The summed E-state index contributed by atoms with van der Waals surface area (Å²) in [6, 6.07) is 0. The highest BCUT2D eigenvalue weighted by Crippen LogP contribution is 2.56. The van der Waals surface area contributed by atoms with Gasteiger partial charge in [0.15, 0.2) is 0 Å². The molecule has 0 amide bonds. The molecule has 0 bridgehead atoms. The van der Waals surface area contributed by atoms with Crippen LogP contribution in [0.3, 0.4) is 0 Å². The predicted molar refractivity (Wildman–Crippen MR) is 137 cm³/mol. The van der Waals surface area contributed by atoms with Crippen LogP contribution in [-0.4, -0.2) is 44.1 Å². The summed E-state index contributed by atoms with van der Waals surface area (Å²) in [5.41, 5.74) is 4.60. The van der Waals surface area contributed by atoms with E-state index >= 15 is 0 Å². The second kappa shape index (κ2) is 10.6. The minimum atomic E-state index is -0.624. The minimum Gasteiger partial charge on any atom is -0.393 e. The fraction of sp³-hybridized carbons (Fsp3) is 0.714. The summed E-state index contributed by atoms with van der Waals surface area (Å²) in [5, 5.41) is 30.6. The van der Waals surface area contributed by atoms with Crippen molar-refractivity contribution < 1.29 is 15.3 Å². The Morgan fingerprint density at radius 1 is 1.28 bits per heavy atom. The van der Waals surface area contributed by atoms with Gasteiger partial charge in [-0.1, -0.05) is 42.9 Å². The van der Waals surface area contributed by atoms with E-state index in [2.05, 4.69) is 50.4 Å². The van der Waals surface area contributed by atoms with Gasteiger partial charge in [0, 0.05) is 11.7 Å². The van der Waals surface area contributed by atoms with E-state index in [0.29, 0.717) is 24.0 Å². The fourth-order valence-electron chi connectivity index (χ4n) is 5.96. The van der Waals surface area contributed by atoms with Crippen LogP contribution in [0.1, 0.15) is 85.5 Å². The van der Waals surface area contributed by atoms with Crippen LogP contribution in [0.2, 0.25) is 0 Å². The molecule has 3 nitrogen and oxygen atoms in total. The number of rotatable bonds is 8. The maximum Gasteiger partial charge on any atom is 0.0811 e. The van der Waals surface area contributed by atoms with Crippen molar-refractivity contribution in [3.8, 4) is 0 Å². The number of hydrogen-bond donors (Lipinski definition) is 3. The first kappa shape index (κ1) is 25.8. The highest BCUT2D eigenvalue weighted by atomic mass is 32.2. The molecular weight excluding hydrogens is 416 g/mol. The summed E-state index contributed by atoms with van der Waals surface area (Å²) in [4.78, 5) is 0. The lowest BCUT2D eigenvalue weighted by molar-refractivity contribution is 0.0687. The molecule has 0 spiro atoms. The molecule has 3 N–H and O–H groups in total. The second-order valence-corrected chi connectivity index (χ2v) is 12.5. The first-order chi connectivity index (χ1) is 15.0. The summed E-state index contributed by atoms with van der Waals surface area (Å²) in [7, 11) is 0. The van der Waals surface area contributed by atoms with Crippen molar-refractivity contribution in [1.82, 2.24) is 0 Å². The zero-order valence-electron chi connectivity index (χ0n) is 20.6. The van der Waals surface area contributed by atoms with Crippen LogP contribution in [-0.2, 0) is 0 Å². The van der Waals surface area contributed by atoms with Gasteiger partial charge < -0.3 is 15.3 Å². The standard InChI is InChI=1S/C28H44O3S/c1-19-22(17-23(29)18-26(19)30)11-10-21-9-8-15-28(5)24(12-13-25(21)28)20(2)32-16-7-6-14-27(3,4)31/h10-12,20,23,25-26,29-31H,1,6-9,13-18H2,2-5H3/t20-,23+,25-,26-,28+/m0/s1. The zero-order chi connectivity index (χ0) is 23.5. The second-order valence-electron chi connectivity index (χ2n) is 11.1. The van der Waals surface area contributed by atoms with E-state index in [1.54, 1.807) is 5.57 Å². The van der Waals surface area contributed by atoms with Crippen LogP contribution < -0.4 is 0 Å². The number of allylic oxidation sites excluding steroid dienone is 4. The topological polar surface area (TPSA) is 60.7 Å². The molecule has 3 rings (SSSR count). The number of thioether (sulfide) groups is 1. The molecule has 4 heteroatoms. The molecular formula is C28H44O3S. The molecule has 0 aromatic carbocycles. The van der Waals surface area contributed by atoms with E-state index in [9.17, 15) is 15.3 Å². The molecule has 0 saturated heterocycles. The molecule has 32 heavy (non-hydrogen) atoms. The van der Waals surface area contributed by atoms with Crippen molar-refractivity contribution >= 4 is 11.8 Å². The highest BCUT2D eigenvalue weighted by Gasteiger charge is 2.46. The van der Waals surface area contributed by atoms with Gasteiger partial charge >= 0.3 is 0 Å². The van der Waals surface area contributed by atoms with Crippen molar-refractivity contribution in [2.45, 2.75) is 109 Å². The van der Waals surface area contributed by atoms with Crippen LogP contribution in [0.15, 0.2) is 47.1 Å². The molecule has 180 valence electrons. The monoisotopic (exact) mass is 460 g/mol. The molecule has 0 aliphatic heterocycles. The molecule has 0 aromatic rings. The smallest absolute Gasteiger partial charge is 0.0811 e. The molecule has 3 aliphatic rings. The van der Waals surface area contributed by atoms with Crippen LogP contribution in [0.4, 0.5) is 0 Å². The fourth-order valence-corrected chi connectivity index (χ4v) is 7.23. The lowest BCUT2D eigenvalue weighted by atomic mass is 9.64. The van der Waals surface area contributed by atoms with E-state index in [1.165, 1.54) is 18.4 Å². The van der Waals surface area contributed by atoms with E-state index in [4.69, 9.17) is 0 Å². The number of unbranched alkanes of at least 4 members (excludes halogenated alkanes) is 1. The molecule has 3 aliphatic carbocycles. The van der Waals surface area contributed by atoms with Gasteiger partial charge in [0.05, 0.1) is 17.8 Å². The van der Waals surface area contributed by atoms with Gasteiger partial charge in [0.2, 0.25) is 0 Å². The summed E-state index contributed by atoms with van der Waals surface area (Å²) in [5.74, 6) is 1.71. The first-order valence-corrected chi connectivity index (χ1v) is 13.6. The van der Waals surface area contributed by atoms with E-state index < -0.39 is 17.8 Å². The van der Waals surface area contributed by atoms with Crippen molar-refractivity contribution in [2.24, 2.45) is 11.3 Å². The normalized spacial score (nSPS) is 34.7. The SMILES string of the molecule is C=C1C(=CC=C2CCC[C@]3(C)C([C@H](C)SCCCCC(C)(C)O)=CC[C@@H]23)C[C@@H](O)C[C@@H]1O. The number of aliphatic hydroxyl groups excluding tert-OH is 2. The molecule has 0 radical (unpaired) electrons. The largest absolute Gasteiger partial charge is 0.393 e. The third kappa shape index (κ3) is 6.20. The average molecular weight is 461 g/mol. The Morgan fingerprint density at radius 3 is 2.75 bits per heavy atom. The molecule has 0 aromatic heterocycles. The Morgan fingerprint density at radius 2 is 2.03 bits per heavy atom. The summed E-state index contributed by atoms with van der Waals surface area (Å²) in [6.45, 7) is 12.7. The Hall–Kier alpha value is -0.810. The molecule has 0 unspecified atom stereocenters. The van der Waals surface area contributed by atoms with E-state index in [1.807, 2.05) is 13.8 Å². The van der Waals surface area contributed by atoms with Gasteiger partial charge in [-0.2, -0.15) is 11.8 Å². The molecule has 0 heterocycles. The van der Waals surface area contributed by atoms with Crippen molar-refractivity contribution in [1.29, 1.82) is 0 Å². The van der Waals surface area contributed by atoms with Gasteiger partial charge in [-0.3, -0.25) is 0 Å². The lowest BCUT2D eigenvalue weighted by Gasteiger charge is -2.42. The van der Waals surface area contributed by atoms with Crippen molar-refractivity contribution in [3.63, 3.8) is 0 Å². The average Bonchev–Trinajstić information content (AvgIpc) is 3.06. The van der Waals surface area contributed by atoms with Crippen LogP contribution in [0.25, 0.3) is 0 Å². The van der Waals surface area contributed by atoms with Gasteiger partial charge in [-0.25, -0.2) is 0 Å². The maximum atomic E-state index is 10.1. The minimum absolute atomic E-state index is 0.241. The zero-order valence-corrected chi connectivity index (χ0v) is 21.4. The number of hydrogen-bond acceptors (Lipinski definition) is 4. The van der Waals surface area contributed by atoms with E-state index in [-0.39, 0.29) is 5.41 Å². The molecule has 5 atom stereocenters. The number of fused-ring (bicyclic) bond motifs is 1. The van der Waals surface area contributed by atoms with E-state index in [0.717, 1.165) is 49.0 Å². The third-order valence-corrected chi connectivity index (χ3v) is 9.14. The van der Waals surface area contributed by atoms with Gasteiger partial charge in [-0.05, 0) is 100 Å². The summed E-state index contributed by atoms with van der Waals surface area (Å²) >= 11 is 2.07. The van der Waals surface area contributed by atoms with Gasteiger partial charge in [0.25, 0.3) is 0 Å². The van der Waals surface area contributed by atoms with Gasteiger partial charge in [0.1, 0.15) is 0 Å². The maximum absolute atomic E-state index is 10.1. The first-order valence-electron chi connectivity index (χ1n) is 12.5. The lowest BCUT2D eigenvalue weighted by Crippen LogP contribution is -2.33. The Bertz CT molecular complexity index is 772. The van der Waals surface area contributed by atoms with Crippen molar-refractivity contribution in [3.05, 3.63) is 47.1 Å². The van der Waals surface area contributed by atoms with Crippen LogP contribution in [0.5, 0.6) is 0 Å². The summed E-state index contributed by atoms with van der Waals surface area (Å²) < 4.78 is 0. The number of aliphatic hydroxyl groups is 3. The molecule has 2 saturated carbocycles. The predicted octanol–water partition coefficient (Wildman–Crippen LogP) is 6.11. The molecule has 2 fully saturated rings. The van der Waals surface area contributed by atoms with Crippen LogP contribution in [0, 0.1) is 11.3 Å². The Labute approximate surface area is 199 Å². The summed E-state index contributed by atoms with van der Waals surface area (Å²) in [6.07, 6.45) is 14.6. The van der Waals surface area contributed by atoms with Crippen molar-refractivity contribution in [2.75, 3.05) is 5.75 Å². The third-order valence-electron chi connectivity index (χ3n) is 7.86. The highest BCUT2D eigenvalue weighted by molar-refractivity contribution is 8.00. The Balaban J connectivity index is 1.62. The van der Waals surface area contributed by atoms with Crippen LogP contribution >= 0.6 is 11.8 Å². The Kier molecular flexibility index (Phi) is 8.57. The van der Waals surface area contributed by atoms with Gasteiger partial charge in [-0.15, -0.1) is 0 Å².